The van der Waals surface area contributed by atoms with Gasteiger partial charge in [-0.15, -0.1) is 12.4 Å². The van der Waals surface area contributed by atoms with Crippen LogP contribution in [0, 0.1) is 0 Å². The summed E-state index contributed by atoms with van der Waals surface area (Å²) in [7, 11) is 0. The normalized spacial score (nSPS) is 13.9. The lowest BCUT2D eigenvalue weighted by molar-refractivity contribution is 0.585. The standard InChI is InChI=1S/C20H20N8.ClH/c1-3-16(11-18-15(1)13-24-27-18)25-20-22-6-5-17(26-20)14-2-4-19(23-12-14)28-9-7-21-8-10-28;/h1-6,11-13,21H,7-10H2,(H,24,27)(H,22,25,26);1H. The van der Waals surface area contributed by atoms with E-state index >= 15 is 0 Å². The monoisotopic (exact) mass is 408 g/mol. The van der Waals surface area contributed by atoms with Gasteiger partial charge in [-0.1, -0.05) is 0 Å². The van der Waals surface area contributed by atoms with E-state index in [9.17, 15) is 0 Å². The number of nitrogens with zero attached hydrogens (tertiary/aromatic N) is 5. The maximum absolute atomic E-state index is 4.64. The molecule has 0 bridgehead atoms. The third-order valence-electron chi connectivity index (χ3n) is 4.84. The molecular formula is C20H21ClN8. The van der Waals surface area contributed by atoms with E-state index in [0.29, 0.717) is 5.95 Å². The van der Waals surface area contributed by atoms with Crippen LogP contribution in [-0.4, -0.2) is 51.3 Å². The van der Waals surface area contributed by atoms with Gasteiger partial charge in [-0.2, -0.15) is 5.10 Å². The number of nitrogens with one attached hydrogen (secondary N) is 3. The molecule has 5 rings (SSSR count). The molecule has 8 nitrogen and oxygen atoms in total. The lowest BCUT2D eigenvalue weighted by Gasteiger charge is -2.28. The molecule has 1 aliphatic heterocycles. The number of benzene rings is 1. The molecular weight excluding hydrogens is 388 g/mol. The summed E-state index contributed by atoms with van der Waals surface area (Å²) in [6, 6.07) is 12.0. The van der Waals surface area contributed by atoms with Gasteiger partial charge in [0.25, 0.3) is 0 Å². The zero-order valence-corrected chi connectivity index (χ0v) is 16.5. The van der Waals surface area contributed by atoms with Crippen molar-refractivity contribution in [2.24, 2.45) is 0 Å². The highest BCUT2D eigenvalue weighted by molar-refractivity contribution is 5.85. The Balaban J connectivity index is 0.00000205. The Morgan fingerprint density at radius 2 is 1.86 bits per heavy atom. The molecule has 3 aromatic heterocycles. The highest BCUT2D eigenvalue weighted by Crippen LogP contribution is 2.22. The van der Waals surface area contributed by atoms with E-state index < -0.39 is 0 Å². The van der Waals surface area contributed by atoms with Gasteiger partial charge in [-0.25, -0.2) is 15.0 Å². The SMILES string of the molecule is Cl.c1cc(-c2ccc(N3CCNCC3)nc2)nc(Nc2ccc3cn[nH]c3c2)n1. The second-order valence-corrected chi connectivity index (χ2v) is 6.70. The van der Waals surface area contributed by atoms with Crippen LogP contribution in [0.1, 0.15) is 0 Å². The van der Waals surface area contributed by atoms with E-state index in [2.05, 4.69) is 52.8 Å². The Kier molecular flexibility index (Phi) is 5.55. The first-order valence-corrected chi connectivity index (χ1v) is 9.30. The van der Waals surface area contributed by atoms with Gasteiger partial charge in [-0.3, -0.25) is 5.10 Å². The van der Waals surface area contributed by atoms with Crippen molar-refractivity contribution in [3.8, 4) is 11.3 Å². The molecule has 3 N–H and O–H groups in total. The molecule has 1 fully saturated rings. The van der Waals surface area contributed by atoms with Gasteiger partial charge < -0.3 is 15.5 Å². The molecule has 0 amide bonds. The van der Waals surface area contributed by atoms with E-state index in [1.54, 1.807) is 12.4 Å². The van der Waals surface area contributed by atoms with E-state index in [0.717, 1.165) is 59.8 Å². The molecule has 1 aromatic carbocycles. The molecule has 4 heterocycles. The Morgan fingerprint density at radius 3 is 2.69 bits per heavy atom. The van der Waals surface area contributed by atoms with Crippen LogP contribution in [0.25, 0.3) is 22.2 Å². The Labute approximate surface area is 174 Å². The predicted octanol–water partition coefficient (Wildman–Crippen LogP) is 2.99. The third kappa shape index (κ3) is 4.13. The van der Waals surface area contributed by atoms with Crippen LogP contribution in [-0.2, 0) is 0 Å². The van der Waals surface area contributed by atoms with E-state index in [1.165, 1.54) is 0 Å². The molecule has 4 aromatic rings. The number of aromatic nitrogens is 5. The number of fused-ring (bicyclic) bond motifs is 1. The van der Waals surface area contributed by atoms with Crippen molar-refractivity contribution in [3.05, 3.63) is 55.0 Å². The lowest BCUT2D eigenvalue weighted by atomic mass is 10.2. The first-order chi connectivity index (χ1) is 13.8. The van der Waals surface area contributed by atoms with Gasteiger partial charge in [0.05, 0.1) is 17.4 Å². The van der Waals surface area contributed by atoms with Crippen LogP contribution < -0.4 is 15.5 Å². The Hall–Kier alpha value is -3.23. The largest absolute Gasteiger partial charge is 0.354 e. The van der Waals surface area contributed by atoms with Crippen molar-refractivity contribution in [3.63, 3.8) is 0 Å². The molecule has 1 saturated heterocycles. The molecule has 0 radical (unpaired) electrons. The molecule has 0 aliphatic carbocycles. The number of halogens is 1. The molecule has 1 aliphatic rings. The highest BCUT2D eigenvalue weighted by atomic mass is 35.5. The van der Waals surface area contributed by atoms with Gasteiger partial charge in [0.15, 0.2) is 0 Å². The number of rotatable bonds is 4. The number of aromatic amines is 1. The fourth-order valence-electron chi connectivity index (χ4n) is 3.34. The van der Waals surface area contributed by atoms with Crippen molar-refractivity contribution in [1.82, 2.24) is 30.5 Å². The quantitative estimate of drug-likeness (QED) is 0.477. The first-order valence-electron chi connectivity index (χ1n) is 9.30. The highest BCUT2D eigenvalue weighted by Gasteiger charge is 2.12. The summed E-state index contributed by atoms with van der Waals surface area (Å²) in [6.45, 7) is 3.95. The Bertz CT molecular complexity index is 1090. The minimum atomic E-state index is 0. The maximum atomic E-state index is 4.64. The molecule has 9 heteroatoms. The fourth-order valence-corrected chi connectivity index (χ4v) is 3.34. The lowest BCUT2D eigenvalue weighted by Crippen LogP contribution is -2.43. The molecule has 0 unspecified atom stereocenters. The van der Waals surface area contributed by atoms with Crippen molar-refractivity contribution >= 4 is 40.8 Å². The number of H-pyrrole nitrogens is 1. The van der Waals surface area contributed by atoms with Gasteiger partial charge >= 0.3 is 0 Å². The van der Waals surface area contributed by atoms with Gasteiger partial charge in [0, 0.05) is 55.2 Å². The Morgan fingerprint density at radius 1 is 0.966 bits per heavy atom. The average Bonchev–Trinajstić information content (AvgIpc) is 3.23. The van der Waals surface area contributed by atoms with Crippen LogP contribution >= 0.6 is 12.4 Å². The van der Waals surface area contributed by atoms with Crippen LogP contribution in [0.15, 0.2) is 55.0 Å². The average molecular weight is 409 g/mol. The van der Waals surface area contributed by atoms with Crippen molar-refractivity contribution < 1.29 is 0 Å². The van der Waals surface area contributed by atoms with Crippen molar-refractivity contribution in [2.45, 2.75) is 0 Å². The summed E-state index contributed by atoms with van der Waals surface area (Å²) in [5.41, 5.74) is 3.67. The van der Waals surface area contributed by atoms with E-state index in [-0.39, 0.29) is 12.4 Å². The third-order valence-corrected chi connectivity index (χ3v) is 4.84. The van der Waals surface area contributed by atoms with Gasteiger partial charge in [0.1, 0.15) is 5.82 Å². The van der Waals surface area contributed by atoms with Crippen LogP contribution in [0.2, 0.25) is 0 Å². The summed E-state index contributed by atoms with van der Waals surface area (Å²) in [4.78, 5) is 15.9. The summed E-state index contributed by atoms with van der Waals surface area (Å²) < 4.78 is 0. The number of piperazine rings is 1. The zero-order chi connectivity index (χ0) is 18.8. The van der Waals surface area contributed by atoms with Crippen LogP contribution in [0.4, 0.5) is 17.5 Å². The number of hydrogen-bond acceptors (Lipinski definition) is 7. The summed E-state index contributed by atoms with van der Waals surface area (Å²) in [5, 5.41) is 14.7. The second kappa shape index (κ2) is 8.42. The number of anilines is 3. The minimum Gasteiger partial charge on any atom is -0.354 e. The maximum Gasteiger partial charge on any atom is 0.227 e. The summed E-state index contributed by atoms with van der Waals surface area (Å²) >= 11 is 0. The predicted molar refractivity (Wildman–Crippen MR) is 117 cm³/mol. The minimum absolute atomic E-state index is 0. The molecule has 29 heavy (non-hydrogen) atoms. The molecule has 0 saturated carbocycles. The van der Waals surface area contributed by atoms with Gasteiger partial charge in [-0.05, 0) is 36.4 Å². The van der Waals surface area contributed by atoms with Gasteiger partial charge in [0.2, 0.25) is 5.95 Å². The summed E-state index contributed by atoms with van der Waals surface area (Å²) in [5.74, 6) is 1.55. The second-order valence-electron chi connectivity index (χ2n) is 6.70. The molecule has 0 spiro atoms. The van der Waals surface area contributed by atoms with E-state index in [4.69, 9.17) is 0 Å². The first kappa shape index (κ1) is 19.1. The topological polar surface area (TPSA) is 94.6 Å². The van der Waals surface area contributed by atoms with Crippen molar-refractivity contribution in [2.75, 3.05) is 36.4 Å². The zero-order valence-electron chi connectivity index (χ0n) is 15.7. The van der Waals surface area contributed by atoms with Crippen molar-refractivity contribution in [1.29, 1.82) is 0 Å². The number of pyridine rings is 1. The van der Waals surface area contributed by atoms with Crippen LogP contribution in [0.5, 0.6) is 0 Å². The summed E-state index contributed by atoms with van der Waals surface area (Å²) in [6.07, 6.45) is 5.43. The smallest absolute Gasteiger partial charge is 0.227 e. The number of hydrogen-bond donors (Lipinski definition) is 3. The molecule has 148 valence electrons. The van der Waals surface area contributed by atoms with Crippen LogP contribution in [0.3, 0.4) is 0 Å². The van der Waals surface area contributed by atoms with E-state index in [1.807, 2.05) is 30.5 Å². The molecule has 0 atom stereocenters. The fraction of sp³-hybridized carbons (Fsp3) is 0.200.